The number of aromatic nitrogens is 4. The average molecular weight is 534 g/mol. The van der Waals surface area contributed by atoms with Gasteiger partial charge in [-0.05, 0) is 0 Å². The van der Waals surface area contributed by atoms with E-state index in [4.69, 9.17) is 15.0 Å². The molecule has 3 heterocycles. The maximum absolute atomic E-state index is 6.65. The van der Waals surface area contributed by atoms with Crippen LogP contribution < -0.4 is 5.73 Å². The van der Waals surface area contributed by atoms with E-state index < -0.39 is 5.60 Å². The Bertz CT molecular complexity index is 826. The number of nitrogens with two attached hydrogens (primary N) is 1. The first-order valence-electron chi connectivity index (χ1n) is 8.27. The molecule has 7 nitrogen and oxygen atoms in total. The fraction of sp³-hybridized carbons (Fsp3) is 0.688. The van der Waals surface area contributed by atoms with Gasteiger partial charge in [-0.25, -0.2) is 0 Å². The standard InChI is InChI=1S/C16H25N5O2P.W/c1-9-15(3,4)14(22-16(9,5)10(2)23-24-6)21-8-20-11-12(17)18-7-19-13(11)21;/h7-10,14H,1-6H3,(H2,17,18,19);/q-1;+2/t9-,10?,14+,16-;/m0./s1. The summed E-state index contributed by atoms with van der Waals surface area (Å²) in [5.41, 5.74) is 6.73. The number of hydrogen-bond acceptors (Lipinski definition) is 6. The molecule has 1 saturated heterocycles. The number of rotatable bonds is 4. The molecule has 0 radical (unpaired) electrons. The maximum atomic E-state index is 6.65. The van der Waals surface area contributed by atoms with Crippen LogP contribution in [0.15, 0.2) is 12.7 Å². The van der Waals surface area contributed by atoms with E-state index >= 15 is 0 Å². The molecular formula is C16H25N5O2PW+. The van der Waals surface area contributed by atoms with E-state index in [-0.39, 0.29) is 29.4 Å². The van der Waals surface area contributed by atoms with Crippen LogP contribution in [0.2, 0.25) is 0 Å². The third-order valence-electron chi connectivity index (χ3n) is 5.73. The van der Waals surface area contributed by atoms with Crippen LogP contribution >= 0.6 is 5.78 Å². The summed E-state index contributed by atoms with van der Waals surface area (Å²) >= 11 is 1.48. The Morgan fingerprint density at radius 2 is 2.04 bits per heavy atom. The minimum absolute atomic E-state index is 0.00914. The molecule has 0 aliphatic carbocycles. The summed E-state index contributed by atoms with van der Waals surface area (Å²) in [5.74, 6) is 0.283. The van der Waals surface area contributed by atoms with Crippen LogP contribution in [0.4, 0.5) is 5.82 Å². The zero-order valence-electron chi connectivity index (χ0n) is 15.4. The topological polar surface area (TPSA) is 88.1 Å². The summed E-state index contributed by atoms with van der Waals surface area (Å²) in [6, 6.07) is 0. The van der Waals surface area contributed by atoms with Crippen molar-refractivity contribution in [1.82, 2.24) is 19.5 Å². The number of ether oxygens (including phenoxy) is 1. The van der Waals surface area contributed by atoms with E-state index in [1.54, 1.807) is 6.33 Å². The van der Waals surface area contributed by atoms with Gasteiger partial charge in [0.1, 0.15) is 0 Å². The number of hydrogen-bond donors (Lipinski definition) is 1. The van der Waals surface area contributed by atoms with Gasteiger partial charge >= 0.3 is 159 Å². The van der Waals surface area contributed by atoms with Gasteiger partial charge in [-0.15, -0.1) is 0 Å². The van der Waals surface area contributed by atoms with E-state index in [1.807, 2.05) is 4.57 Å². The molecule has 1 fully saturated rings. The van der Waals surface area contributed by atoms with Crippen molar-refractivity contribution in [3.63, 3.8) is 0 Å². The van der Waals surface area contributed by atoms with Crippen LogP contribution in [0.25, 0.3) is 11.2 Å². The monoisotopic (exact) mass is 534 g/mol. The molecule has 0 saturated carbocycles. The molecule has 5 atom stereocenters. The molecule has 0 bridgehead atoms. The van der Waals surface area contributed by atoms with E-state index in [0.29, 0.717) is 17.0 Å². The van der Waals surface area contributed by atoms with Crippen molar-refractivity contribution in [2.24, 2.45) is 11.3 Å². The Morgan fingerprint density at radius 1 is 1.36 bits per heavy atom. The van der Waals surface area contributed by atoms with Crippen molar-refractivity contribution in [3.05, 3.63) is 12.7 Å². The third kappa shape index (κ3) is 2.99. The first-order valence-corrected chi connectivity index (χ1v) is 13.8. The SMILES string of the molecule is CC(O[P+](C)=[W])[C@@]1(C)O[C@@H](n2cnc3c(N)ncnc32)C(C)(C)[C@@H]1C. The van der Waals surface area contributed by atoms with E-state index in [2.05, 4.69) is 56.2 Å². The molecule has 2 aromatic rings. The molecule has 2 N–H and O–H groups in total. The molecule has 136 valence electrons. The first-order chi connectivity index (χ1) is 11.6. The fourth-order valence-electron chi connectivity index (χ4n) is 3.68. The van der Waals surface area contributed by atoms with Crippen LogP contribution in [0.1, 0.15) is 40.8 Å². The predicted octanol–water partition coefficient (Wildman–Crippen LogP) is 3.25. The molecule has 0 aromatic carbocycles. The van der Waals surface area contributed by atoms with E-state index in [1.165, 1.54) is 25.1 Å². The summed E-state index contributed by atoms with van der Waals surface area (Å²) < 4.78 is 14.8. The quantitative estimate of drug-likeness (QED) is 0.607. The van der Waals surface area contributed by atoms with Gasteiger partial charge in [0.15, 0.2) is 0 Å². The van der Waals surface area contributed by atoms with E-state index in [9.17, 15) is 0 Å². The number of anilines is 1. The Kier molecular flexibility index (Phi) is 4.91. The zero-order chi connectivity index (χ0) is 18.6. The van der Waals surface area contributed by atoms with Crippen LogP contribution in [-0.4, -0.2) is 37.9 Å². The normalized spacial score (nSPS) is 30.6. The first kappa shape index (κ1) is 19.0. The van der Waals surface area contributed by atoms with Crippen molar-refractivity contribution in [3.8, 4) is 0 Å². The molecule has 9 heteroatoms. The summed E-state index contributed by atoms with van der Waals surface area (Å²) in [4.78, 5) is 12.8. The predicted molar refractivity (Wildman–Crippen MR) is 94.6 cm³/mol. The Balaban J connectivity index is 2.05. The van der Waals surface area contributed by atoms with Crippen LogP contribution in [-0.2, 0) is 28.1 Å². The second kappa shape index (κ2) is 6.45. The van der Waals surface area contributed by atoms with Gasteiger partial charge in [0.2, 0.25) is 0 Å². The molecule has 1 aliphatic rings. The van der Waals surface area contributed by atoms with Crippen molar-refractivity contribution in [2.75, 3.05) is 12.4 Å². The van der Waals surface area contributed by atoms with Crippen LogP contribution in [0, 0.1) is 11.3 Å². The molecule has 2 aromatic heterocycles. The molecule has 2 unspecified atom stereocenters. The summed E-state index contributed by atoms with van der Waals surface area (Å²) in [6.45, 7) is 13.1. The molecule has 3 rings (SSSR count). The van der Waals surface area contributed by atoms with Gasteiger partial charge in [-0.3, -0.25) is 0 Å². The van der Waals surface area contributed by atoms with Crippen LogP contribution in [0.5, 0.6) is 0 Å². The fourth-order valence-corrected chi connectivity index (χ4v) is 5.73. The zero-order valence-corrected chi connectivity index (χ0v) is 19.3. The Morgan fingerprint density at radius 3 is 2.68 bits per heavy atom. The van der Waals surface area contributed by atoms with Crippen molar-refractivity contribution >= 4 is 22.8 Å². The molecular weight excluding hydrogens is 509 g/mol. The van der Waals surface area contributed by atoms with Gasteiger partial charge in [0.05, 0.1) is 0 Å². The van der Waals surface area contributed by atoms with Gasteiger partial charge in [-0.2, -0.15) is 0 Å². The average Bonchev–Trinajstić information content (AvgIpc) is 3.02. The third-order valence-corrected chi connectivity index (χ3v) is 7.27. The van der Waals surface area contributed by atoms with Gasteiger partial charge in [-0.1, -0.05) is 0 Å². The molecule has 0 spiro atoms. The van der Waals surface area contributed by atoms with Gasteiger partial charge in [0, 0.05) is 0 Å². The number of nitrogen functional groups attached to an aromatic ring is 1. The van der Waals surface area contributed by atoms with Gasteiger partial charge < -0.3 is 0 Å². The number of nitrogens with zero attached hydrogens (tertiary/aromatic N) is 4. The second-order valence-corrected chi connectivity index (χ2v) is 14.1. The van der Waals surface area contributed by atoms with Crippen molar-refractivity contribution in [2.45, 2.75) is 52.6 Å². The molecule has 1 aliphatic heterocycles. The van der Waals surface area contributed by atoms with E-state index in [0.717, 1.165) is 0 Å². The summed E-state index contributed by atoms with van der Waals surface area (Å²) in [6.07, 6.45) is 3.03. The minimum atomic E-state index is -0.393. The Labute approximate surface area is 159 Å². The van der Waals surface area contributed by atoms with Gasteiger partial charge in [0.25, 0.3) is 0 Å². The molecule has 0 amide bonds. The summed E-state index contributed by atoms with van der Waals surface area (Å²) in [5, 5.41) is 0. The Hall–Kier alpha value is -0.742. The number of fused-ring (bicyclic) bond motifs is 1. The summed E-state index contributed by atoms with van der Waals surface area (Å²) in [7, 11) is 0. The van der Waals surface area contributed by atoms with Crippen molar-refractivity contribution in [1.29, 1.82) is 0 Å². The van der Waals surface area contributed by atoms with Crippen LogP contribution in [0.3, 0.4) is 0 Å². The van der Waals surface area contributed by atoms with Crippen molar-refractivity contribution < 1.29 is 28.1 Å². The molecule has 25 heavy (non-hydrogen) atoms. The number of imidazole rings is 1. The second-order valence-electron chi connectivity index (χ2n) is 7.47.